The fraction of sp³-hybridized carbons (Fsp3) is 0.400. The minimum atomic E-state index is -0.733. The molecule has 1 unspecified atom stereocenters. The molecule has 0 aliphatic rings. The van der Waals surface area contributed by atoms with Gasteiger partial charge < -0.3 is 9.67 Å². The Morgan fingerprint density at radius 3 is 2.47 bits per heavy atom. The number of unbranched alkanes of at least 4 members (excludes halogenated alkanes) is 1. The molecule has 0 radical (unpaired) electrons. The summed E-state index contributed by atoms with van der Waals surface area (Å²) in [5.41, 5.74) is 1.30. The molecule has 1 aromatic carbocycles. The molecule has 0 saturated heterocycles. The summed E-state index contributed by atoms with van der Waals surface area (Å²) >= 11 is 0. The lowest BCUT2D eigenvalue weighted by molar-refractivity contribution is 0.0454. The largest absolute Gasteiger partial charge is 0.385 e. The van der Waals surface area contributed by atoms with Crippen molar-refractivity contribution in [3.63, 3.8) is 0 Å². The monoisotopic (exact) mass is 280 g/mol. The molecule has 1 aromatic heterocycles. The van der Waals surface area contributed by atoms with E-state index in [2.05, 4.69) is 11.9 Å². The molecule has 1 N–H and O–H groups in total. The zero-order valence-electron chi connectivity index (χ0n) is 11.4. The van der Waals surface area contributed by atoms with Gasteiger partial charge in [0.2, 0.25) is 0 Å². The van der Waals surface area contributed by atoms with Gasteiger partial charge in [-0.1, -0.05) is 31.9 Å². The van der Waals surface area contributed by atoms with Crippen LogP contribution in [0.3, 0.4) is 0 Å². The maximum atomic E-state index is 10.4. The van der Waals surface area contributed by atoms with Crippen molar-refractivity contribution in [3.8, 4) is 5.69 Å². The maximum absolute atomic E-state index is 10.4. The molecular weight excluding hydrogens is 260 g/mol. The maximum Gasteiger partial charge on any atom is 0.0991 e. The lowest BCUT2D eigenvalue weighted by Gasteiger charge is -2.24. The summed E-state index contributed by atoms with van der Waals surface area (Å²) in [6.45, 7) is 4.02. The first-order chi connectivity index (χ1) is 8.63. The zero-order valence-corrected chi connectivity index (χ0v) is 12.2. The molecule has 104 valence electrons. The Balaban J connectivity index is 0.00000180. The second-order valence-corrected chi connectivity index (χ2v) is 4.89. The molecule has 19 heavy (non-hydrogen) atoms. The molecule has 4 heteroatoms. The Hall–Kier alpha value is -1.32. The van der Waals surface area contributed by atoms with Gasteiger partial charge in [0.15, 0.2) is 0 Å². The van der Waals surface area contributed by atoms with Crippen LogP contribution < -0.4 is 0 Å². The summed E-state index contributed by atoms with van der Waals surface area (Å²) < 4.78 is 1.95. The fourth-order valence-electron chi connectivity index (χ4n) is 2.07. The van der Waals surface area contributed by atoms with E-state index in [9.17, 15) is 5.11 Å². The van der Waals surface area contributed by atoms with Crippen LogP contribution in [0.15, 0.2) is 43.0 Å². The van der Waals surface area contributed by atoms with Crippen molar-refractivity contribution in [3.05, 3.63) is 48.5 Å². The topological polar surface area (TPSA) is 38.0 Å². The number of hydrogen-bond acceptors (Lipinski definition) is 2. The molecule has 1 heterocycles. The van der Waals surface area contributed by atoms with Gasteiger partial charge in [0.25, 0.3) is 0 Å². The number of halogens is 1. The third-order valence-electron chi connectivity index (χ3n) is 3.31. The molecule has 3 nitrogen and oxygen atoms in total. The Kier molecular flexibility index (Phi) is 5.58. The van der Waals surface area contributed by atoms with Crippen molar-refractivity contribution in [1.82, 2.24) is 9.55 Å². The number of aliphatic hydroxyl groups is 1. The van der Waals surface area contributed by atoms with Gasteiger partial charge >= 0.3 is 0 Å². The van der Waals surface area contributed by atoms with Crippen LogP contribution in [0.25, 0.3) is 5.69 Å². The van der Waals surface area contributed by atoms with Crippen LogP contribution in [-0.2, 0) is 5.60 Å². The number of rotatable bonds is 5. The lowest BCUT2D eigenvalue weighted by atomic mass is 9.90. The van der Waals surface area contributed by atoms with Gasteiger partial charge in [-0.25, -0.2) is 4.98 Å². The van der Waals surface area contributed by atoms with Gasteiger partial charge in [-0.05, 0) is 31.0 Å². The Bertz CT molecular complexity index is 477. The van der Waals surface area contributed by atoms with Gasteiger partial charge in [0.1, 0.15) is 0 Å². The minimum Gasteiger partial charge on any atom is -0.385 e. The van der Waals surface area contributed by atoms with Crippen LogP contribution in [0, 0.1) is 0 Å². The molecule has 0 aliphatic heterocycles. The zero-order chi connectivity index (χ0) is 13.0. The third kappa shape index (κ3) is 3.82. The van der Waals surface area contributed by atoms with E-state index in [1.807, 2.05) is 42.0 Å². The highest BCUT2D eigenvalue weighted by Gasteiger charge is 2.21. The Labute approximate surface area is 120 Å². The van der Waals surface area contributed by atoms with Crippen molar-refractivity contribution >= 4 is 12.4 Å². The number of nitrogens with zero attached hydrogens (tertiary/aromatic N) is 2. The number of aromatic nitrogens is 2. The Morgan fingerprint density at radius 1 is 1.26 bits per heavy atom. The van der Waals surface area contributed by atoms with Crippen LogP contribution >= 0.6 is 12.4 Å². The number of benzene rings is 1. The SMILES string of the molecule is CCCCC(C)(O)c1ccc(-n2ccnc2)cc1.Cl. The highest BCUT2D eigenvalue weighted by atomic mass is 35.5. The summed E-state index contributed by atoms with van der Waals surface area (Å²) in [5.74, 6) is 0. The molecule has 1 atom stereocenters. The fourth-order valence-corrected chi connectivity index (χ4v) is 2.07. The average Bonchev–Trinajstić information content (AvgIpc) is 2.90. The van der Waals surface area contributed by atoms with Gasteiger partial charge in [-0.15, -0.1) is 12.4 Å². The first-order valence-electron chi connectivity index (χ1n) is 6.45. The molecule has 0 aliphatic carbocycles. The molecule has 0 amide bonds. The molecule has 0 spiro atoms. The number of imidazole rings is 1. The molecule has 0 fully saturated rings. The van der Waals surface area contributed by atoms with Gasteiger partial charge in [0.05, 0.1) is 11.9 Å². The van der Waals surface area contributed by atoms with Crippen LogP contribution in [0.4, 0.5) is 0 Å². The highest BCUT2D eigenvalue weighted by molar-refractivity contribution is 5.85. The summed E-state index contributed by atoms with van der Waals surface area (Å²) in [6.07, 6.45) is 8.37. The van der Waals surface area contributed by atoms with Crippen molar-refractivity contribution in [2.45, 2.75) is 38.7 Å². The van der Waals surface area contributed by atoms with E-state index in [0.29, 0.717) is 0 Å². The van der Waals surface area contributed by atoms with E-state index in [0.717, 1.165) is 30.5 Å². The standard InChI is InChI=1S/C15H20N2O.ClH/c1-3-4-9-15(2,18)13-5-7-14(8-6-13)17-11-10-16-12-17;/h5-8,10-12,18H,3-4,9H2,1-2H3;1H. The third-order valence-corrected chi connectivity index (χ3v) is 3.31. The Morgan fingerprint density at radius 2 is 1.95 bits per heavy atom. The first-order valence-corrected chi connectivity index (χ1v) is 6.45. The second kappa shape index (κ2) is 6.73. The smallest absolute Gasteiger partial charge is 0.0991 e. The number of hydrogen-bond donors (Lipinski definition) is 1. The van der Waals surface area contributed by atoms with Crippen molar-refractivity contribution < 1.29 is 5.11 Å². The lowest BCUT2D eigenvalue weighted by Crippen LogP contribution is -2.20. The summed E-state index contributed by atoms with van der Waals surface area (Å²) in [4.78, 5) is 4.02. The second-order valence-electron chi connectivity index (χ2n) is 4.89. The average molecular weight is 281 g/mol. The molecule has 0 bridgehead atoms. The van der Waals surface area contributed by atoms with E-state index >= 15 is 0 Å². The van der Waals surface area contributed by atoms with Crippen LogP contribution in [-0.4, -0.2) is 14.7 Å². The van der Waals surface area contributed by atoms with E-state index in [1.54, 1.807) is 12.5 Å². The normalized spacial score (nSPS) is 13.6. The van der Waals surface area contributed by atoms with Crippen molar-refractivity contribution in [1.29, 1.82) is 0 Å². The van der Waals surface area contributed by atoms with Crippen molar-refractivity contribution in [2.24, 2.45) is 0 Å². The minimum absolute atomic E-state index is 0. The van der Waals surface area contributed by atoms with Crippen LogP contribution in [0.2, 0.25) is 0 Å². The van der Waals surface area contributed by atoms with Gasteiger partial charge in [-0.2, -0.15) is 0 Å². The van der Waals surface area contributed by atoms with Crippen molar-refractivity contribution in [2.75, 3.05) is 0 Å². The van der Waals surface area contributed by atoms with Crippen LogP contribution in [0.1, 0.15) is 38.7 Å². The molecular formula is C15H21ClN2O. The highest BCUT2D eigenvalue weighted by Crippen LogP contribution is 2.27. The predicted octanol–water partition coefficient (Wildman–Crippen LogP) is 3.69. The van der Waals surface area contributed by atoms with Crippen LogP contribution in [0.5, 0.6) is 0 Å². The van der Waals surface area contributed by atoms with Gasteiger partial charge in [-0.3, -0.25) is 0 Å². The predicted molar refractivity (Wildman–Crippen MR) is 79.9 cm³/mol. The first kappa shape index (κ1) is 15.7. The summed E-state index contributed by atoms with van der Waals surface area (Å²) in [6, 6.07) is 8.00. The van der Waals surface area contributed by atoms with E-state index in [4.69, 9.17) is 0 Å². The van der Waals surface area contributed by atoms with E-state index in [-0.39, 0.29) is 12.4 Å². The van der Waals surface area contributed by atoms with E-state index in [1.165, 1.54) is 0 Å². The molecule has 2 rings (SSSR count). The van der Waals surface area contributed by atoms with Gasteiger partial charge in [0, 0.05) is 18.1 Å². The van der Waals surface area contributed by atoms with E-state index < -0.39 is 5.60 Å². The molecule has 2 aromatic rings. The molecule has 0 saturated carbocycles. The quantitative estimate of drug-likeness (QED) is 0.907. The summed E-state index contributed by atoms with van der Waals surface area (Å²) in [7, 11) is 0. The summed E-state index contributed by atoms with van der Waals surface area (Å²) in [5, 5.41) is 10.4.